The topological polar surface area (TPSA) is 77.0 Å². The van der Waals surface area contributed by atoms with Crippen LogP contribution in [0, 0.1) is 0 Å². The van der Waals surface area contributed by atoms with Crippen LogP contribution in [0.4, 0.5) is 0 Å². The highest BCUT2D eigenvalue weighted by Crippen LogP contribution is 2.09. The van der Waals surface area contributed by atoms with Gasteiger partial charge in [-0.1, -0.05) is 5.21 Å². The maximum absolute atomic E-state index is 11.8. The third-order valence-corrected chi connectivity index (χ3v) is 2.84. The van der Waals surface area contributed by atoms with E-state index in [-0.39, 0.29) is 24.4 Å². The predicted molar refractivity (Wildman–Crippen MR) is 65.7 cm³/mol. The normalized spacial score (nSPS) is 19.8. The molecule has 0 radical (unpaired) electrons. The van der Waals surface area contributed by atoms with Crippen LogP contribution in [0.5, 0.6) is 0 Å². The molecule has 1 amide bonds. The second kappa shape index (κ2) is 6.56. The van der Waals surface area contributed by atoms with E-state index in [1.807, 2.05) is 4.90 Å². The average molecular weight is 260 g/mol. The highest BCUT2D eigenvalue weighted by molar-refractivity contribution is 5.85. The first-order valence-corrected chi connectivity index (χ1v) is 5.63. The number of piperidine rings is 1. The van der Waals surface area contributed by atoms with E-state index in [9.17, 15) is 4.79 Å². The summed E-state index contributed by atoms with van der Waals surface area (Å²) in [4.78, 5) is 13.7. The van der Waals surface area contributed by atoms with Crippen molar-refractivity contribution in [3.63, 3.8) is 0 Å². The number of hydrogen-bond acceptors (Lipinski definition) is 4. The number of amides is 1. The van der Waals surface area contributed by atoms with Crippen molar-refractivity contribution in [1.29, 1.82) is 0 Å². The smallest absolute Gasteiger partial charge is 0.224 e. The van der Waals surface area contributed by atoms with Gasteiger partial charge < -0.3 is 10.6 Å². The van der Waals surface area contributed by atoms with Crippen molar-refractivity contribution in [2.45, 2.75) is 31.8 Å². The van der Waals surface area contributed by atoms with E-state index in [0.717, 1.165) is 19.4 Å². The van der Waals surface area contributed by atoms with Gasteiger partial charge >= 0.3 is 0 Å². The second-order valence-electron chi connectivity index (χ2n) is 4.16. The van der Waals surface area contributed by atoms with E-state index >= 15 is 0 Å². The number of nitrogens with two attached hydrogens (primary N) is 1. The molecular formula is C10H18ClN5O. The van der Waals surface area contributed by atoms with Gasteiger partial charge in [0.2, 0.25) is 5.91 Å². The van der Waals surface area contributed by atoms with Crippen LogP contribution in [0.1, 0.15) is 19.3 Å². The summed E-state index contributed by atoms with van der Waals surface area (Å²) in [6.07, 6.45) is 5.87. The molecule has 1 aliphatic heterocycles. The Balaban J connectivity index is 0.00000144. The van der Waals surface area contributed by atoms with E-state index in [4.69, 9.17) is 5.73 Å². The highest BCUT2D eigenvalue weighted by atomic mass is 35.5. The number of nitrogens with zero attached hydrogens (tertiary/aromatic N) is 4. The van der Waals surface area contributed by atoms with Gasteiger partial charge in [0.05, 0.1) is 12.7 Å². The summed E-state index contributed by atoms with van der Waals surface area (Å²) in [6, 6.07) is 0.143. The van der Waals surface area contributed by atoms with Crippen molar-refractivity contribution >= 4 is 18.3 Å². The lowest BCUT2D eigenvalue weighted by Gasteiger charge is -2.30. The summed E-state index contributed by atoms with van der Waals surface area (Å²) >= 11 is 0. The predicted octanol–water partition coefficient (Wildman–Crippen LogP) is 0.0397. The molecule has 1 aromatic rings. The zero-order valence-electron chi connectivity index (χ0n) is 9.66. The molecule has 1 aliphatic rings. The first-order valence-electron chi connectivity index (χ1n) is 5.63. The molecule has 0 aliphatic carbocycles. The summed E-state index contributed by atoms with van der Waals surface area (Å²) in [7, 11) is 0. The number of halogens is 1. The maximum atomic E-state index is 11.8. The molecule has 0 unspecified atom stereocenters. The molecule has 1 aromatic heterocycles. The lowest BCUT2D eigenvalue weighted by molar-refractivity contribution is -0.132. The monoisotopic (exact) mass is 259 g/mol. The molecule has 17 heavy (non-hydrogen) atoms. The summed E-state index contributed by atoms with van der Waals surface area (Å²) in [5, 5.41) is 7.51. The summed E-state index contributed by atoms with van der Waals surface area (Å²) in [5.74, 6) is 0.158. The van der Waals surface area contributed by atoms with Gasteiger partial charge in [-0.2, -0.15) is 0 Å². The number of carbonyl (C=O) groups excluding carboxylic acids is 1. The molecule has 0 saturated carbocycles. The highest BCUT2D eigenvalue weighted by Gasteiger charge is 2.20. The molecule has 2 N–H and O–H groups in total. The number of likely N-dealkylation sites (tertiary alicyclic amines) is 1. The Morgan fingerprint density at radius 3 is 3.00 bits per heavy atom. The Morgan fingerprint density at radius 2 is 2.35 bits per heavy atom. The number of carbonyl (C=O) groups is 1. The van der Waals surface area contributed by atoms with E-state index in [1.165, 1.54) is 0 Å². The van der Waals surface area contributed by atoms with Crippen molar-refractivity contribution in [3.8, 4) is 0 Å². The molecule has 96 valence electrons. The summed E-state index contributed by atoms with van der Waals surface area (Å²) in [5.41, 5.74) is 5.83. The van der Waals surface area contributed by atoms with Gasteiger partial charge in [0, 0.05) is 31.7 Å². The van der Waals surface area contributed by atoms with Crippen LogP contribution in [0.25, 0.3) is 0 Å². The molecule has 7 heteroatoms. The minimum absolute atomic E-state index is 0. The molecule has 2 rings (SSSR count). The fraction of sp³-hybridized carbons (Fsp3) is 0.700. The van der Waals surface area contributed by atoms with E-state index < -0.39 is 0 Å². The quantitative estimate of drug-likeness (QED) is 0.832. The van der Waals surface area contributed by atoms with Crippen LogP contribution in [-0.2, 0) is 11.3 Å². The summed E-state index contributed by atoms with van der Waals surface area (Å²) in [6.45, 7) is 2.12. The molecule has 0 aromatic carbocycles. The van der Waals surface area contributed by atoms with Crippen molar-refractivity contribution in [2.24, 2.45) is 5.73 Å². The second-order valence-corrected chi connectivity index (χ2v) is 4.16. The Bertz CT molecular complexity index is 342. The van der Waals surface area contributed by atoms with Gasteiger partial charge in [-0.3, -0.25) is 9.48 Å². The van der Waals surface area contributed by atoms with Crippen molar-refractivity contribution in [2.75, 3.05) is 13.1 Å². The largest absolute Gasteiger partial charge is 0.341 e. The Hall–Kier alpha value is -1.14. The molecule has 1 atom stereocenters. The number of aromatic nitrogens is 3. The fourth-order valence-corrected chi connectivity index (χ4v) is 1.96. The molecule has 6 nitrogen and oxygen atoms in total. The minimum atomic E-state index is 0. The number of hydrogen-bond donors (Lipinski definition) is 1. The van der Waals surface area contributed by atoms with Crippen LogP contribution >= 0.6 is 12.4 Å². The minimum Gasteiger partial charge on any atom is -0.341 e. The van der Waals surface area contributed by atoms with Gasteiger partial charge in [-0.25, -0.2) is 0 Å². The van der Waals surface area contributed by atoms with Crippen molar-refractivity contribution in [3.05, 3.63) is 12.4 Å². The van der Waals surface area contributed by atoms with Gasteiger partial charge in [-0.05, 0) is 12.8 Å². The van der Waals surface area contributed by atoms with E-state index in [1.54, 1.807) is 17.1 Å². The first kappa shape index (κ1) is 13.9. The lowest BCUT2D eigenvalue weighted by Crippen LogP contribution is -2.45. The SMILES string of the molecule is Cl.N[C@@H]1CCCN(C(=O)CCn2ccnn2)C1. The lowest BCUT2D eigenvalue weighted by atomic mass is 10.1. The Labute approximate surface area is 107 Å². The number of rotatable bonds is 3. The third-order valence-electron chi connectivity index (χ3n) is 2.84. The molecule has 2 heterocycles. The Morgan fingerprint density at radius 1 is 1.53 bits per heavy atom. The zero-order chi connectivity index (χ0) is 11.4. The number of aryl methyl sites for hydroxylation is 1. The van der Waals surface area contributed by atoms with Gasteiger partial charge in [0.25, 0.3) is 0 Å². The average Bonchev–Trinajstić information content (AvgIpc) is 2.78. The van der Waals surface area contributed by atoms with Gasteiger partial charge in [0.1, 0.15) is 0 Å². The maximum Gasteiger partial charge on any atom is 0.224 e. The van der Waals surface area contributed by atoms with E-state index in [2.05, 4.69) is 10.3 Å². The van der Waals surface area contributed by atoms with Crippen LogP contribution in [-0.4, -0.2) is 44.9 Å². The zero-order valence-corrected chi connectivity index (χ0v) is 10.5. The summed E-state index contributed by atoms with van der Waals surface area (Å²) < 4.78 is 1.67. The van der Waals surface area contributed by atoms with Crippen molar-refractivity contribution < 1.29 is 4.79 Å². The molecule has 0 bridgehead atoms. The van der Waals surface area contributed by atoms with Gasteiger partial charge in [-0.15, -0.1) is 17.5 Å². The molecule has 0 spiro atoms. The molecular weight excluding hydrogens is 242 g/mol. The van der Waals surface area contributed by atoms with Gasteiger partial charge in [0.15, 0.2) is 0 Å². The Kier molecular flexibility index (Phi) is 5.37. The molecule has 1 fully saturated rings. The van der Waals surface area contributed by atoms with Crippen LogP contribution in [0.2, 0.25) is 0 Å². The standard InChI is InChI=1S/C10H17N5O.ClH/c11-9-2-1-5-14(8-9)10(16)3-6-15-7-4-12-13-15;/h4,7,9H,1-3,5-6,8,11H2;1H/t9-;/m1./s1. The van der Waals surface area contributed by atoms with Crippen LogP contribution in [0.3, 0.4) is 0 Å². The van der Waals surface area contributed by atoms with Crippen LogP contribution in [0.15, 0.2) is 12.4 Å². The first-order chi connectivity index (χ1) is 7.75. The van der Waals surface area contributed by atoms with E-state index in [0.29, 0.717) is 19.5 Å². The molecule has 1 saturated heterocycles. The fourth-order valence-electron chi connectivity index (χ4n) is 1.96. The van der Waals surface area contributed by atoms with Crippen molar-refractivity contribution in [1.82, 2.24) is 19.9 Å². The van der Waals surface area contributed by atoms with Crippen LogP contribution < -0.4 is 5.73 Å². The third kappa shape index (κ3) is 3.98.